The second-order valence-corrected chi connectivity index (χ2v) is 7.66. The van der Waals surface area contributed by atoms with Crippen LogP contribution in [0.15, 0.2) is 48.5 Å². The van der Waals surface area contributed by atoms with Gasteiger partial charge in [0.25, 0.3) is 0 Å². The van der Waals surface area contributed by atoms with E-state index in [-0.39, 0.29) is 24.3 Å². The molecule has 0 aliphatic carbocycles. The number of halogens is 5. The molecule has 0 bridgehead atoms. The minimum atomic E-state index is -4.40. The molecule has 1 N–H and O–H groups in total. The lowest BCUT2D eigenvalue weighted by molar-refractivity contribution is -0.137. The van der Waals surface area contributed by atoms with E-state index in [0.29, 0.717) is 35.9 Å². The Morgan fingerprint density at radius 2 is 1.72 bits per heavy atom. The molecule has 1 aromatic heterocycles. The van der Waals surface area contributed by atoms with Gasteiger partial charge in [0.1, 0.15) is 0 Å². The Labute approximate surface area is 194 Å². The van der Waals surface area contributed by atoms with Gasteiger partial charge in [-0.1, -0.05) is 23.7 Å². The SMILES string of the molecule is CC(=O)N1CCc2nc(Nc3ccc(C(F)(F)F)cc3)nc(-c3ccc(Cl)cc3)c2C1.Cl. The Bertz CT molecular complexity index is 1120. The van der Waals surface area contributed by atoms with E-state index < -0.39 is 11.7 Å². The third-order valence-electron chi connectivity index (χ3n) is 5.09. The van der Waals surface area contributed by atoms with Crippen LogP contribution in [0.3, 0.4) is 0 Å². The molecule has 0 atom stereocenters. The molecule has 0 spiro atoms. The summed E-state index contributed by atoms with van der Waals surface area (Å²) in [4.78, 5) is 22.8. The highest BCUT2D eigenvalue weighted by Gasteiger charge is 2.30. The van der Waals surface area contributed by atoms with E-state index in [4.69, 9.17) is 11.6 Å². The standard InChI is InChI=1S/C22H18ClF3N4O.ClH/c1-13(31)30-11-10-19-18(12-30)20(14-2-6-16(23)7-3-14)29-21(28-19)27-17-8-4-15(5-9-17)22(24,25)26;/h2-9H,10-12H2,1H3,(H,27,28,29);1H. The van der Waals surface area contributed by atoms with Gasteiger partial charge >= 0.3 is 6.18 Å². The highest BCUT2D eigenvalue weighted by atomic mass is 35.5. The van der Waals surface area contributed by atoms with Crippen molar-refractivity contribution in [2.75, 3.05) is 11.9 Å². The van der Waals surface area contributed by atoms with E-state index in [1.165, 1.54) is 19.1 Å². The van der Waals surface area contributed by atoms with E-state index in [9.17, 15) is 18.0 Å². The lowest BCUT2D eigenvalue weighted by Crippen LogP contribution is -2.35. The number of nitrogens with one attached hydrogen (secondary N) is 1. The Balaban J connectivity index is 0.00000289. The fraction of sp³-hybridized carbons (Fsp3) is 0.227. The maximum atomic E-state index is 12.8. The molecular weight excluding hydrogens is 464 g/mol. The van der Waals surface area contributed by atoms with Gasteiger partial charge in [0.2, 0.25) is 11.9 Å². The van der Waals surface area contributed by atoms with E-state index in [1.54, 1.807) is 17.0 Å². The molecule has 1 aliphatic rings. The average molecular weight is 483 g/mol. The zero-order valence-electron chi connectivity index (χ0n) is 16.9. The predicted octanol–water partition coefficient (Wildman–Crippen LogP) is 5.89. The van der Waals surface area contributed by atoms with Crippen molar-refractivity contribution < 1.29 is 18.0 Å². The average Bonchev–Trinajstić information content (AvgIpc) is 2.73. The number of anilines is 2. The van der Waals surface area contributed by atoms with Gasteiger partial charge in [0.05, 0.1) is 17.0 Å². The zero-order valence-corrected chi connectivity index (χ0v) is 18.5. The van der Waals surface area contributed by atoms with Crippen LogP contribution in [0, 0.1) is 0 Å². The molecule has 0 saturated carbocycles. The number of carbonyl (C=O) groups is 1. The number of alkyl halides is 3. The number of amides is 1. The molecule has 5 nitrogen and oxygen atoms in total. The molecular formula is C22H19Cl2F3N4O. The van der Waals surface area contributed by atoms with Crippen LogP contribution in [0.5, 0.6) is 0 Å². The Morgan fingerprint density at radius 3 is 2.31 bits per heavy atom. The monoisotopic (exact) mass is 482 g/mol. The van der Waals surface area contributed by atoms with E-state index in [1.807, 2.05) is 12.1 Å². The number of carbonyl (C=O) groups excluding carboxylic acids is 1. The van der Waals surface area contributed by atoms with Gasteiger partial charge in [0.15, 0.2) is 0 Å². The van der Waals surface area contributed by atoms with Crippen LogP contribution in [0.25, 0.3) is 11.3 Å². The van der Waals surface area contributed by atoms with Gasteiger partial charge in [0, 0.05) is 48.3 Å². The van der Waals surface area contributed by atoms with Crippen molar-refractivity contribution in [3.8, 4) is 11.3 Å². The Hall–Kier alpha value is -2.84. The summed E-state index contributed by atoms with van der Waals surface area (Å²) >= 11 is 6.01. The van der Waals surface area contributed by atoms with E-state index in [2.05, 4.69) is 15.3 Å². The molecule has 0 saturated heterocycles. The quantitative estimate of drug-likeness (QED) is 0.505. The molecule has 4 rings (SSSR count). The number of hydrogen-bond acceptors (Lipinski definition) is 4. The van der Waals surface area contributed by atoms with Crippen LogP contribution in [0.4, 0.5) is 24.8 Å². The molecule has 1 aliphatic heterocycles. The summed E-state index contributed by atoms with van der Waals surface area (Å²) in [5.74, 6) is 0.249. The highest BCUT2D eigenvalue weighted by Crippen LogP contribution is 2.32. The third kappa shape index (κ3) is 5.14. The van der Waals surface area contributed by atoms with Gasteiger partial charge < -0.3 is 10.2 Å². The van der Waals surface area contributed by atoms with Crippen molar-refractivity contribution in [2.24, 2.45) is 0 Å². The molecule has 2 aromatic carbocycles. The number of nitrogens with zero attached hydrogens (tertiary/aromatic N) is 3. The van der Waals surface area contributed by atoms with Gasteiger partial charge in [-0.15, -0.1) is 12.4 Å². The number of rotatable bonds is 3. The lowest BCUT2D eigenvalue weighted by Gasteiger charge is -2.29. The number of benzene rings is 2. The van der Waals surface area contributed by atoms with Crippen LogP contribution in [0.2, 0.25) is 5.02 Å². The molecule has 0 radical (unpaired) electrons. The van der Waals surface area contributed by atoms with Crippen molar-refractivity contribution in [3.05, 3.63) is 70.4 Å². The maximum absolute atomic E-state index is 12.8. The molecule has 2 heterocycles. The smallest absolute Gasteiger partial charge is 0.338 e. The van der Waals surface area contributed by atoms with Crippen molar-refractivity contribution >= 4 is 41.6 Å². The summed E-state index contributed by atoms with van der Waals surface area (Å²) in [6.45, 7) is 2.46. The second-order valence-electron chi connectivity index (χ2n) is 7.22. The Kier molecular flexibility index (Phi) is 6.95. The van der Waals surface area contributed by atoms with Crippen LogP contribution in [-0.4, -0.2) is 27.3 Å². The molecule has 10 heteroatoms. The topological polar surface area (TPSA) is 58.1 Å². The van der Waals surface area contributed by atoms with Crippen LogP contribution < -0.4 is 5.32 Å². The number of aromatic nitrogens is 2. The Morgan fingerprint density at radius 1 is 1.06 bits per heavy atom. The van der Waals surface area contributed by atoms with Crippen molar-refractivity contribution in [1.29, 1.82) is 0 Å². The molecule has 0 unspecified atom stereocenters. The first kappa shape index (κ1) is 23.8. The fourth-order valence-corrected chi connectivity index (χ4v) is 3.58. The molecule has 1 amide bonds. The lowest BCUT2D eigenvalue weighted by atomic mass is 9.99. The fourth-order valence-electron chi connectivity index (χ4n) is 3.46. The second kappa shape index (κ2) is 9.34. The first-order chi connectivity index (χ1) is 14.7. The third-order valence-corrected chi connectivity index (χ3v) is 5.34. The summed E-state index contributed by atoms with van der Waals surface area (Å²) in [6.07, 6.45) is -3.84. The maximum Gasteiger partial charge on any atom is 0.416 e. The van der Waals surface area contributed by atoms with E-state index in [0.717, 1.165) is 29.0 Å². The first-order valence-electron chi connectivity index (χ1n) is 9.56. The van der Waals surface area contributed by atoms with Crippen molar-refractivity contribution in [3.63, 3.8) is 0 Å². The summed E-state index contributed by atoms with van der Waals surface area (Å²) in [6, 6.07) is 11.9. The first-order valence-corrected chi connectivity index (χ1v) is 9.94. The van der Waals surface area contributed by atoms with Gasteiger partial charge in [-0.05, 0) is 36.4 Å². The summed E-state index contributed by atoms with van der Waals surface area (Å²) in [7, 11) is 0. The molecule has 32 heavy (non-hydrogen) atoms. The zero-order chi connectivity index (χ0) is 22.2. The van der Waals surface area contributed by atoms with Crippen LogP contribution >= 0.6 is 24.0 Å². The largest absolute Gasteiger partial charge is 0.416 e. The van der Waals surface area contributed by atoms with Crippen molar-refractivity contribution in [1.82, 2.24) is 14.9 Å². The van der Waals surface area contributed by atoms with Crippen molar-refractivity contribution in [2.45, 2.75) is 26.1 Å². The van der Waals surface area contributed by atoms with Gasteiger partial charge in [-0.2, -0.15) is 13.2 Å². The minimum Gasteiger partial charge on any atom is -0.338 e. The van der Waals surface area contributed by atoms with E-state index >= 15 is 0 Å². The minimum absolute atomic E-state index is 0. The van der Waals surface area contributed by atoms with Gasteiger partial charge in [-0.25, -0.2) is 9.97 Å². The summed E-state index contributed by atoms with van der Waals surface area (Å²) < 4.78 is 38.4. The van der Waals surface area contributed by atoms with Crippen LogP contribution in [0.1, 0.15) is 23.7 Å². The number of fused-ring (bicyclic) bond motifs is 1. The molecule has 0 fully saturated rings. The van der Waals surface area contributed by atoms with Crippen LogP contribution in [-0.2, 0) is 23.9 Å². The molecule has 168 valence electrons. The number of hydrogen-bond donors (Lipinski definition) is 1. The van der Waals surface area contributed by atoms with Gasteiger partial charge in [-0.3, -0.25) is 4.79 Å². The summed E-state index contributed by atoms with van der Waals surface area (Å²) in [5, 5.41) is 3.58. The summed E-state index contributed by atoms with van der Waals surface area (Å²) in [5.41, 5.74) is 2.83. The molecule has 3 aromatic rings. The highest BCUT2D eigenvalue weighted by molar-refractivity contribution is 6.30. The predicted molar refractivity (Wildman–Crippen MR) is 119 cm³/mol. The normalized spacial score (nSPS) is 13.2.